The Balaban J connectivity index is 1.97. The maximum atomic E-state index is 12.0. The quantitative estimate of drug-likeness (QED) is 0.635. The number of nitrogens with zero attached hydrogens (tertiary/aromatic N) is 1. The largest absolute Gasteiger partial charge is 0.465 e. The minimum atomic E-state index is -0.536. The predicted molar refractivity (Wildman–Crippen MR) is 65.6 cm³/mol. The van der Waals surface area contributed by atoms with E-state index in [9.17, 15) is 14.9 Å². The molecular weight excluding hydrogens is 250 g/mol. The number of rotatable bonds is 2. The van der Waals surface area contributed by atoms with Crippen molar-refractivity contribution in [2.24, 2.45) is 0 Å². The van der Waals surface area contributed by atoms with Gasteiger partial charge >= 0.3 is 0 Å². The lowest BCUT2D eigenvalue weighted by atomic mass is 10.1. The zero-order valence-corrected chi connectivity index (χ0v) is 9.62. The summed E-state index contributed by atoms with van der Waals surface area (Å²) in [6, 6.07) is 7.56. The first kappa shape index (κ1) is 11.3. The van der Waals surface area contributed by atoms with Gasteiger partial charge in [0.05, 0.1) is 16.7 Å². The van der Waals surface area contributed by atoms with Gasteiger partial charge in [-0.3, -0.25) is 14.9 Å². The van der Waals surface area contributed by atoms with Gasteiger partial charge in [0, 0.05) is 17.8 Å². The van der Waals surface area contributed by atoms with Crippen LogP contribution in [-0.2, 0) is 0 Å². The Morgan fingerprint density at radius 2 is 2.11 bits per heavy atom. The summed E-state index contributed by atoms with van der Waals surface area (Å²) in [5, 5.41) is 16.4. The number of nitro benzene ring substituents is 1. The average molecular weight is 259 g/mol. The number of anilines is 1. The van der Waals surface area contributed by atoms with Crippen molar-refractivity contribution in [3.63, 3.8) is 0 Å². The van der Waals surface area contributed by atoms with Gasteiger partial charge < -0.3 is 15.1 Å². The molecule has 0 aliphatic carbocycles. The number of nitrogens with one attached hydrogen (secondary N) is 2. The highest BCUT2D eigenvalue weighted by atomic mass is 16.6. The summed E-state index contributed by atoms with van der Waals surface area (Å²) < 4.78 is 5.21. The molecule has 2 aromatic rings. The molecule has 1 aliphatic heterocycles. The molecule has 0 radical (unpaired) electrons. The Morgan fingerprint density at radius 1 is 1.26 bits per heavy atom. The van der Waals surface area contributed by atoms with Gasteiger partial charge in [0.15, 0.2) is 6.17 Å². The summed E-state index contributed by atoms with van der Waals surface area (Å²) in [7, 11) is 0. The number of carbonyl (C=O) groups is 1. The lowest BCUT2D eigenvalue weighted by Crippen LogP contribution is -2.38. The molecule has 0 fully saturated rings. The highest BCUT2D eigenvalue weighted by Crippen LogP contribution is 2.29. The third-order valence-corrected chi connectivity index (χ3v) is 2.86. The Bertz CT molecular complexity index is 651. The maximum absolute atomic E-state index is 12.0. The summed E-state index contributed by atoms with van der Waals surface area (Å²) in [4.78, 5) is 22.1. The minimum Gasteiger partial charge on any atom is -0.465 e. The van der Waals surface area contributed by atoms with Crippen LogP contribution in [0.25, 0.3) is 0 Å². The van der Waals surface area contributed by atoms with Crippen molar-refractivity contribution >= 4 is 17.3 Å². The van der Waals surface area contributed by atoms with Crippen molar-refractivity contribution < 1.29 is 14.1 Å². The van der Waals surface area contributed by atoms with Crippen LogP contribution in [0.4, 0.5) is 11.4 Å². The van der Waals surface area contributed by atoms with Crippen LogP contribution in [0.2, 0.25) is 0 Å². The lowest BCUT2D eigenvalue weighted by Gasteiger charge is -2.26. The van der Waals surface area contributed by atoms with E-state index in [4.69, 9.17) is 4.42 Å². The molecule has 3 rings (SSSR count). The predicted octanol–water partition coefficient (Wildman–Crippen LogP) is 2.04. The SMILES string of the molecule is O=C1NC(c2ccco2)Nc2ccc([N+](=O)[O-])cc21. The third kappa shape index (κ3) is 1.90. The molecule has 1 aromatic heterocycles. The number of furan rings is 1. The fourth-order valence-corrected chi connectivity index (χ4v) is 1.96. The Kier molecular flexibility index (Phi) is 2.45. The monoisotopic (exact) mass is 259 g/mol. The third-order valence-electron chi connectivity index (χ3n) is 2.86. The first-order chi connectivity index (χ1) is 9.15. The van der Waals surface area contributed by atoms with Crippen LogP contribution >= 0.6 is 0 Å². The van der Waals surface area contributed by atoms with Crippen LogP contribution in [0.5, 0.6) is 0 Å². The van der Waals surface area contributed by atoms with Crippen molar-refractivity contribution in [3.8, 4) is 0 Å². The molecule has 1 amide bonds. The number of non-ortho nitro benzene ring substituents is 1. The van der Waals surface area contributed by atoms with E-state index in [2.05, 4.69) is 10.6 Å². The first-order valence-electron chi connectivity index (χ1n) is 5.54. The van der Waals surface area contributed by atoms with E-state index in [1.54, 1.807) is 12.1 Å². The van der Waals surface area contributed by atoms with Gasteiger partial charge in [-0.1, -0.05) is 0 Å². The molecule has 0 saturated heterocycles. The van der Waals surface area contributed by atoms with Gasteiger partial charge in [-0.2, -0.15) is 0 Å². The van der Waals surface area contributed by atoms with E-state index < -0.39 is 11.1 Å². The van der Waals surface area contributed by atoms with Gasteiger partial charge in [-0.05, 0) is 18.2 Å². The highest BCUT2D eigenvalue weighted by molar-refractivity contribution is 6.02. The molecule has 19 heavy (non-hydrogen) atoms. The first-order valence-corrected chi connectivity index (χ1v) is 5.54. The molecule has 96 valence electrons. The van der Waals surface area contributed by atoms with Gasteiger partial charge in [0.1, 0.15) is 5.76 Å². The van der Waals surface area contributed by atoms with Gasteiger partial charge in [-0.15, -0.1) is 0 Å². The van der Waals surface area contributed by atoms with Crippen LogP contribution in [-0.4, -0.2) is 10.8 Å². The number of carbonyl (C=O) groups excluding carboxylic acids is 1. The van der Waals surface area contributed by atoms with Crippen LogP contribution in [0.1, 0.15) is 22.3 Å². The highest BCUT2D eigenvalue weighted by Gasteiger charge is 2.27. The van der Waals surface area contributed by atoms with Crippen molar-refractivity contribution in [2.75, 3.05) is 5.32 Å². The van der Waals surface area contributed by atoms with Gasteiger partial charge in [-0.25, -0.2) is 0 Å². The Labute approximate surface area is 107 Å². The van der Waals surface area contributed by atoms with Gasteiger partial charge in [0.25, 0.3) is 11.6 Å². The lowest BCUT2D eigenvalue weighted by molar-refractivity contribution is -0.384. The molecule has 0 bridgehead atoms. The van der Waals surface area contributed by atoms with Crippen LogP contribution in [0.15, 0.2) is 41.0 Å². The second-order valence-electron chi connectivity index (χ2n) is 4.05. The Hall–Kier alpha value is -2.83. The van der Waals surface area contributed by atoms with E-state index in [1.165, 1.54) is 24.5 Å². The number of hydrogen-bond donors (Lipinski definition) is 2. The fourth-order valence-electron chi connectivity index (χ4n) is 1.96. The normalized spacial score (nSPS) is 17.3. The van der Waals surface area contributed by atoms with E-state index in [0.717, 1.165) is 0 Å². The summed E-state index contributed by atoms with van der Waals surface area (Å²) in [5.74, 6) is 0.191. The molecule has 1 aromatic carbocycles. The van der Waals surface area contributed by atoms with Crippen LogP contribution in [0, 0.1) is 10.1 Å². The number of amides is 1. The molecule has 1 aliphatic rings. The summed E-state index contributed by atoms with van der Waals surface area (Å²) in [5.41, 5.74) is 0.667. The zero-order valence-electron chi connectivity index (χ0n) is 9.62. The molecular formula is C12H9N3O4. The molecule has 7 nitrogen and oxygen atoms in total. The number of fused-ring (bicyclic) bond motifs is 1. The second-order valence-corrected chi connectivity index (χ2v) is 4.05. The topological polar surface area (TPSA) is 97.4 Å². The van der Waals surface area contributed by atoms with Crippen LogP contribution < -0.4 is 10.6 Å². The van der Waals surface area contributed by atoms with E-state index >= 15 is 0 Å². The summed E-state index contributed by atoms with van der Waals surface area (Å²) in [6.45, 7) is 0. The van der Waals surface area contributed by atoms with Crippen LogP contribution in [0.3, 0.4) is 0 Å². The summed E-state index contributed by atoms with van der Waals surface area (Å²) >= 11 is 0. The van der Waals surface area contributed by atoms with Gasteiger partial charge in [0.2, 0.25) is 0 Å². The molecule has 2 heterocycles. The summed E-state index contributed by atoms with van der Waals surface area (Å²) in [6.07, 6.45) is 1.03. The molecule has 0 spiro atoms. The van der Waals surface area contributed by atoms with Crippen molar-refractivity contribution in [2.45, 2.75) is 6.17 Å². The van der Waals surface area contributed by atoms with E-state index in [0.29, 0.717) is 11.4 Å². The smallest absolute Gasteiger partial charge is 0.270 e. The number of nitro groups is 1. The average Bonchev–Trinajstić information content (AvgIpc) is 2.92. The minimum absolute atomic E-state index is 0.118. The maximum Gasteiger partial charge on any atom is 0.270 e. The zero-order chi connectivity index (χ0) is 13.4. The van der Waals surface area contributed by atoms with E-state index in [1.807, 2.05) is 0 Å². The number of hydrogen-bond acceptors (Lipinski definition) is 5. The number of benzene rings is 1. The fraction of sp³-hybridized carbons (Fsp3) is 0.0833. The molecule has 0 saturated carbocycles. The second kappa shape index (κ2) is 4.13. The van der Waals surface area contributed by atoms with E-state index in [-0.39, 0.29) is 17.2 Å². The molecule has 7 heteroatoms. The van der Waals surface area contributed by atoms with Crippen molar-refractivity contribution in [1.82, 2.24) is 5.32 Å². The van der Waals surface area contributed by atoms with Crippen molar-refractivity contribution in [3.05, 3.63) is 58.0 Å². The molecule has 2 N–H and O–H groups in total. The van der Waals surface area contributed by atoms with Crippen molar-refractivity contribution in [1.29, 1.82) is 0 Å². The Morgan fingerprint density at radius 3 is 2.79 bits per heavy atom. The molecule has 1 unspecified atom stereocenters. The standard InChI is InChI=1S/C12H9N3O4/c16-12-8-6-7(15(17)18)3-4-9(8)13-11(14-12)10-2-1-5-19-10/h1-6,11,13H,(H,14,16). The molecule has 1 atom stereocenters.